The molecule has 2 aromatic rings. The van der Waals surface area contributed by atoms with Crippen molar-refractivity contribution in [2.24, 2.45) is 0 Å². The first kappa shape index (κ1) is 19.4. The number of fused-ring (bicyclic) bond motifs is 1. The molecule has 3 rings (SSSR count). The number of aryl methyl sites for hydroxylation is 1. The van der Waals surface area contributed by atoms with Gasteiger partial charge in [-0.1, -0.05) is 17.7 Å². The molecule has 1 unspecified atom stereocenters. The predicted octanol–water partition coefficient (Wildman–Crippen LogP) is 3.13. The van der Waals surface area contributed by atoms with E-state index in [2.05, 4.69) is 0 Å². The number of aliphatic hydroxyl groups is 2. The van der Waals surface area contributed by atoms with E-state index in [0.717, 1.165) is 5.56 Å². The minimum absolute atomic E-state index is 0.451. The summed E-state index contributed by atoms with van der Waals surface area (Å²) in [7, 11) is 1.69. The largest absolute Gasteiger partial charge is 0.496 e. The van der Waals surface area contributed by atoms with Crippen LogP contribution in [-0.2, 0) is 10.8 Å². The lowest BCUT2D eigenvalue weighted by Gasteiger charge is -2.28. The van der Waals surface area contributed by atoms with Gasteiger partial charge < -0.3 is 19.7 Å². The Morgan fingerprint density at radius 3 is 2.26 bits per heavy atom. The Labute approximate surface area is 161 Å². The number of rotatable bonds is 5. The van der Waals surface area contributed by atoms with Crippen molar-refractivity contribution in [3.63, 3.8) is 0 Å². The molecule has 0 bridgehead atoms. The number of aliphatic hydroxyl groups excluding tert-OH is 2. The van der Waals surface area contributed by atoms with Crippen molar-refractivity contribution in [1.82, 2.24) is 0 Å². The highest BCUT2D eigenvalue weighted by Crippen LogP contribution is 2.44. The number of methoxy groups -OCH3 is 2. The first-order valence-electron chi connectivity index (χ1n) is 8.45. The van der Waals surface area contributed by atoms with E-state index in [-0.39, 0.29) is 0 Å². The summed E-state index contributed by atoms with van der Waals surface area (Å²) in [6.07, 6.45) is 0.958. The van der Waals surface area contributed by atoms with Gasteiger partial charge in [-0.25, -0.2) is 4.21 Å². The van der Waals surface area contributed by atoms with Crippen molar-refractivity contribution in [2.45, 2.75) is 24.0 Å². The van der Waals surface area contributed by atoms with Crippen molar-refractivity contribution in [3.05, 3.63) is 70.6 Å². The first-order chi connectivity index (χ1) is 13.0. The maximum Gasteiger partial charge on any atom is 0.127 e. The molecule has 0 aromatic heterocycles. The lowest BCUT2D eigenvalue weighted by molar-refractivity contribution is 0.0447. The zero-order valence-electron chi connectivity index (χ0n) is 15.4. The fourth-order valence-corrected chi connectivity index (χ4v) is 3.91. The molecule has 0 saturated carbocycles. The molecule has 0 saturated heterocycles. The van der Waals surface area contributed by atoms with Crippen molar-refractivity contribution in [1.29, 1.82) is 0 Å². The number of allylic oxidation sites excluding steroid dienone is 2. The molecule has 0 heterocycles. The SMILES string of the molecule is COc1ccc(OC)c2c1C(/C=C\S(=O)c1ccc(C)cc1)=C[C@@H](O)[C@@H]2O. The smallest absolute Gasteiger partial charge is 0.127 e. The summed E-state index contributed by atoms with van der Waals surface area (Å²) in [5.41, 5.74) is 2.77. The lowest BCUT2D eigenvalue weighted by Crippen LogP contribution is -2.22. The summed E-state index contributed by atoms with van der Waals surface area (Å²) in [5.74, 6) is 0.991. The molecule has 1 aliphatic rings. The fourth-order valence-electron chi connectivity index (χ4n) is 3.07. The third-order valence-electron chi connectivity index (χ3n) is 4.49. The van der Waals surface area contributed by atoms with Gasteiger partial charge >= 0.3 is 0 Å². The minimum Gasteiger partial charge on any atom is -0.496 e. The monoisotopic (exact) mass is 386 g/mol. The van der Waals surface area contributed by atoms with E-state index >= 15 is 0 Å². The fraction of sp³-hybridized carbons (Fsp3) is 0.238. The normalized spacial score (nSPS) is 20.1. The maximum absolute atomic E-state index is 12.6. The zero-order valence-corrected chi connectivity index (χ0v) is 16.2. The summed E-state index contributed by atoms with van der Waals surface area (Å²) in [4.78, 5) is 0.687. The van der Waals surface area contributed by atoms with Crippen LogP contribution in [0.4, 0.5) is 0 Å². The standard InChI is InChI=1S/C21H22O5S/c1-13-4-6-15(7-5-13)27(24)11-10-14-12-16(22)21(23)20-18(26-3)9-8-17(25-2)19(14)20/h4-12,16,21-23H,1-3H3/b11-10-/t16-,21+,27?/m1/s1. The van der Waals surface area contributed by atoms with Crippen molar-refractivity contribution in [2.75, 3.05) is 14.2 Å². The molecule has 0 aliphatic heterocycles. The van der Waals surface area contributed by atoms with Crippen LogP contribution in [0.3, 0.4) is 0 Å². The van der Waals surface area contributed by atoms with Crippen LogP contribution in [0.2, 0.25) is 0 Å². The van der Waals surface area contributed by atoms with Gasteiger partial charge in [-0.2, -0.15) is 0 Å². The Bertz CT molecular complexity index is 915. The second kappa shape index (κ2) is 8.08. The van der Waals surface area contributed by atoms with Crippen LogP contribution in [0.5, 0.6) is 11.5 Å². The molecule has 0 amide bonds. The topological polar surface area (TPSA) is 76.0 Å². The van der Waals surface area contributed by atoms with Gasteiger partial charge in [0, 0.05) is 21.4 Å². The van der Waals surface area contributed by atoms with Gasteiger partial charge in [0.25, 0.3) is 0 Å². The van der Waals surface area contributed by atoms with Crippen LogP contribution in [-0.4, -0.2) is 34.7 Å². The Hall–Kier alpha value is -2.41. The maximum atomic E-state index is 12.6. The van der Waals surface area contributed by atoms with Gasteiger partial charge in [-0.3, -0.25) is 0 Å². The van der Waals surface area contributed by atoms with E-state index in [1.54, 1.807) is 23.6 Å². The highest BCUT2D eigenvalue weighted by molar-refractivity contribution is 7.88. The van der Waals surface area contributed by atoms with Crippen molar-refractivity contribution >= 4 is 16.4 Å². The minimum atomic E-state index is -1.34. The number of benzene rings is 2. The Morgan fingerprint density at radius 1 is 1.00 bits per heavy atom. The van der Waals surface area contributed by atoms with Crippen LogP contribution in [0.25, 0.3) is 5.57 Å². The van der Waals surface area contributed by atoms with E-state index in [1.165, 1.54) is 20.3 Å². The first-order valence-corrected chi connectivity index (χ1v) is 9.66. The summed E-state index contributed by atoms with van der Waals surface area (Å²) >= 11 is 0. The average molecular weight is 386 g/mol. The van der Waals surface area contributed by atoms with Crippen LogP contribution in [0, 0.1) is 6.92 Å². The average Bonchev–Trinajstić information content (AvgIpc) is 2.68. The zero-order chi connectivity index (χ0) is 19.6. The molecule has 2 N–H and O–H groups in total. The van der Waals surface area contributed by atoms with E-state index in [4.69, 9.17) is 9.47 Å². The highest BCUT2D eigenvalue weighted by Gasteiger charge is 2.31. The quantitative estimate of drug-likeness (QED) is 0.826. The Morgan fingerprint density at radius 2 is 1.63 bits per heavy atom. The third kappa shape index (κ3) is 3.83. The second-order valence-corrected chi connectivity index (χ2v) is 7.57. The molecule has 142 valence electrons. The summed E-state index contributed by atoms with van der Waals surface area (Å²) in [6, 6.07) is 10.9. The molecule has 3 atom stereocenters. The van der Waals surface area contributed by atoms with E-state index < -0.39 is 23.0 Å². The molecule has 0 fully saturated rings. The molecule has 2 aromatic carbocycles. The number of hydrogen-bond acceptors (Lipinski definition) is 5. The van der Waals surface area contributed by atoms with E-state index in [0.29, 0.717) is 33.1 Å². The van der Waals surface area contributed by atoms with Crippen LogP contribution in [0.1, 0.15) is 22.8 Å². The van der Waals surface area contributed by atoms with Crippen LogP contribution in [0.15, 0.2) is 58.9 Å². The summed E-state index contributed by atoms with van der Waals surface area (Å²) in [5, 5.41) is 22.3. The lowest BCUT2D eigenvalue weighted by atomic mass is 9.86. The van der Waals surface area contributed by atoms with Gasteiger partial charge in [-0.15, -0.1) is 0 Å². The Balaban J connectivity index is 2.03. The van der Waals surface area contributed by atoms with Gasteiger partial charge in [0.1, 0.15) is 23.7 Å². The van der Waals surface area contributed by atoms with Gasteiger partial charge in [-0.05, 0) is 48.9 Å². The molecule has 0 radical (unpaired) electrons. The third-order valence-corrected chi connectivity index (χ3v) is 5.61. The molecular weight excluding hydrogens is 364 g/mol. The molecule has 5 nitrogen and oxygen atoms in total. The van der Waals surface area contributed by atoms with Gasteiger partial charge in [0.05, 0.1) is 25.0 Å². The molecular formula is C21H22O5S. The van der Waals surface area contributed by atoms with E-state index in [9.17, 15) is 14.4 Å². The van der Waals surface area contributed by atoms with Gasteiger partial charge in [0.2, 0.25) is 0 Å². The van der Waals surface area contributed by atoms with Crippen LogP contribution >= 0.6 is 0 Å². The number of hydrogen-bond donors (Lipinski definition) is 2. The molecule has 27 heavy (non-hydrogen) atoms. The number of ether oxygens (including phenoxy) is 2. The Kier molecular flexibility index (Phi) is 5.79. The molecule has 0 spiro atoms. The summed E-state index contributed by atoms with van der Waals surface area (Å²) in [6.45, 7) is 1.97. The molecule has 6 heteroatoms. The van der Waals surface area contributed by atoms with Crippen molar-refractivity contribution in [3.8, 4) is 11.5 Å². The molecule has 1 aliphatic carbocycles. The van der Waals surface area contributed by atoms with E-state index in [1.807, 2.05) is 31.2 Å². The van der Waals surface area contributed by atoms with Crippen molar-refractivity contribution < 1.29 is 23.9 Å². The predicted molar refractivity (Wildman–Crippen MR) is 105 cm³/mol. The second-order valence-electron chi connectivity index (χ2n) is 6.23. The van der Waals surface area contributed by atoms with Gasteiger partial charge in [0.15, 0.2) is 0 Å². The summed E-state index contributed by atoms with van der Waals surface area (Å²) < 4.78 is 23.3. The highest BCUT2D eigenvalue weighted by atomic mass is 32.2. The van der Waals surface area contributed by atoms with Crippen LogP contribution < -0.4 is 9.47 Å².